The number of aryl methyl sites for hydroxylation is 1. The van der Waals surface area contributed by atoms with Gasteiger partial charge in [-0.25, -0.2) is 0 Å². The Morgan fingerprint density at radius 2 is 2.05 bits per heavy atom. The lowest BCUT2D eigenvalue weighted by atomic mass is 10.0. The lowest BCUT2D eigenvalue weighted by Gasteiger charge is -2.18. The minimum atomic E-state index is 0.143. The maximum Gasteiger partial charge on any atom is 0.139 e. The molecular weight excluding hydrogens is 284 g/mol. The number of aromatic nitrogens is 3. The van der Waals surface area contributed by atoms with Gasteiger partial charge in [0.05, 0.1) is 12.2 Å². The fraction of sp³-hybridized carbons (Fsp3) is 0.188. The van der Waals surface area contributed by atoms with Gasteiger partial charge in [0.15, 0.2) is 0 Å². The molecule has 2 aromatic heterocycles. The number of halogens is 1. The first-order valence-electron chi connectivity index (χ1n) is 6.91. The van der Waals surface area contributed by atoms with Crippen LogP contribution in [0.3, 0.4) is 0 Å². The molecule has 1 aliphatic rings. The average Bonchev–Trinajstić information content (AvgIpc) is 3.05. The Hall–Kier alpha value is -2.04. The van der Waals surface area contributed by atoms with Gasteiger partial charge in [-0.1, -0.05) is 23.7 Å². The van der Waals surface area contributed by atoms with Gasteiger partial charge in [-0.15, -0.1) is 0 Å². The molecule has 1 unspecified atom stereocenters. The van der Waals surface area contributed by atoms with Gasteiger partial charge < -0.3 is 9.88 Å². The Bertz CT molecular complexity index is 785. The first-order chi connectivity index (χ1) is 10.2. The second kappa shape index (κ2) is 4.76. The predicted molar refractivity (Wildman–Crippen MR) is 82.7 cm³/mol. The van der Waals surface area contributed by atoms with Crippen molar-refractivity contribution in [1.29, 1.82) is 0 Å². The van der Waals surface area contributed by atoms with Crippen molar-refractivity contribution in [3.05, 3.63) is 70.6 Å². The molecule has 3 aromatic rings. The Kier molecular flexibility index (Phi) is 2.87. The van der Waals surface area contributed by atoms with E-state index in [1.54, 1.807) is 0 Å². The molecule has 0 spiro atoms. The third-order valence-corrected chi connectivity index (χ3v) is 4.24. The summed E-state index contributed by atoms with van der Waals surface area (Å²) >= 11 is 6.00. The molecule has 0 saturated carbocycles. The molecule has 1 aromatic carbocycles. The Balaban J connectivity index is 1.86. The van der Waals surface area contributed by atoms with E-state index in [0.717, 1.165) is 17.4 Å². The number of nitrogens with zero attached hydrogens (tertiary/aromatic N) is 3. The topological polar surface area (TPSA) is 34.8 Å². The highest BCUT2D eigenvalue weighted by molar-refractivity contribution is 6.30. The molecule has 1 N–H and O–H groups in total. The van der Waals surface area contributed by atoms with Crippen LogP contribution < -0.4 is 5.32 Å². The van der Waals surface area contributed by atoms with Crippen molar-refractivity contribution < 1.29 is 0 Å². The van der Waals surface area contributed by atoms with Crippen molar-refractivity contribution in [2.24, 2.45) is 7.05 Å². The average molecular weight is 299 g/mol. The third-order valence-electron chi connectivity index (χ3n) is 3.98. The van der Waals surface area contributed by atoms with E-state index in [1.165, 1.54) is 16.8 Å². The zero-order chi connectivity index (χ0) is 14.4. The van der Waals surface area contributed by atoms with Gasteiger partial charge in [-0.05, 0) is 29.8 Å². The number of hydrogen-bond donors (Lipinski definition) is 1. The molecule has 21 heavy (non-hydrogen) atoms. The number of nitrogens with one attached hydrogen (secondary N) is 1. The molecule has 3 heterocycles. The van der Waals surface area contributed by atoms with Crippen molar-refractivity contribution in [2.75, 3.05) is 0 Å². The van der Waals surface area contributed by atoms with E-state index in [9.17, 15) is 0 Å². The lowest BCUT2D eigenvalue weighted by Crippen LogP contribution is -2.21. The van der Waals surface area contributed by atoms with Crippen molar-refractivity contribution in [3.8, 4) is 5.82 Å². The zero-order valence-corrected chi connectivity index (χ0v) is 12.4. The van der Waals surface area contributed by atoms with Crippen LogP contribution in [0.25, 0.3) is 5.82 Å². The van der Waals surface area contributed by atoms with Crippen molar-refractivity contribution in [2.45, 2.75) is 12.6 Å². The van der Waals surface area contributed by atoms with Crippen LogP contribution in [-0.4, -0.2) is 14.3 Å². The van der Waals surface area contributed by atoms with Crippen LogP contribution in [-0.2, 0) is 13.6 Å². The summed E-state index contributed by atoms with van der Waals surface area (Å²) in [7, 11) is 1.98. The normalized spacial score (nSPS) is 17.1. The van der Waals surface area contributed by atoms with Crippen molar-refractivity contribution in [3.63, 3.8) is 0 Å². The third kappa shape index (κ3) is 1.99. The summed E-state index contributed by atoms with van der Waals surface area (Å²) in [6.07, 6.45) is 4.02. The first kappa shape index (κ1) is 12.7. The Morgan fingerprint density at radius 3 is 2.86 bits per heavy atom. The Morgan fingerprint density at radius 1 is 1.24 bits per heavy atom. The first-order valence-corrected chi connectivity index (χ1v) is 7.29. The highest BCUT2D eigenvalue weighted by Gasteiger charge is 2.24. The van der Waals surface area contributed by atoms with Crippen LogP contribution in [0.15, 0.2) is 48.8 Å². The molecule has 0 bridgehead atoms. The molecular formula is C16H15ClN4. The summed E-state index contributed by atoms with van der Waals surface area (Å²) in [5, 5.41) is 8.74. The molecule has 0 fully saturated rings. The molecule has 0 radical (unpaired) electrons. The van der Waals surface area contributed by atoms with E-state index in [4.69, 9.17) is 11.6 Å². The summed E-state index contributed by atoms with van der Waals surface area (Å²) in [6, 6.07) is 12.4. The molecule has 1 aliphatic heterocycles. The van der Waals surface area contributed by atoms with E-state index in [1.807, 2.05) is 30.1 Å². The van der Waals surface area contributed by atoms with E-state index in [-0.39, 0.29) is 6.04 Å². The van der Waals surface area contributed by atoms with Gasteiger partial charge in [-0.2, -0.15) is 5.10 Å². The smallest absolute Gasteiger partial charge is 0.139 e. The largest absolute Gasteiger partial charge is 0.304 e. The molecule has 106 valence electrons. The van der Waals surface area contributed by atoms with Crippen molar-refractivity contribution in [1.82, 2.24) is 19.7 Å². The minimum absolute atomic E-state index is 0.143. The summed E-state index contributed by atoms with van der Waals surface area (Å²) in [4.78, 5) is 0. The van der Waals surface area contributed by atoms with Crippen LogP contribution in [0.5, 0.6) is 0 Å². The minimum Gasteiger partial charge on any atom is -0.304 e. The highest BCUT2D eigenvalue weighted by atomic mass is 35.5. The summed E-state index contributed by atoms with van der Waals surface area (Å²) in [6.45, 7) is 0.790. The highest BCUT2D eigenvalue weighted by Crippen LogP contribution is 2.30. The van der Waals surface area contributed by atoms with E-state index >= 15 is 0 Å². The van der Waals surface area contributed by atoms with Crippen molar-refractivity contribution >= 4 is 11.6 Å². The maximum absolute atomic E-state index is 6.00. The monoisotopic (exact) mass is 298 g/mol. The van der Waals surface area contributed by atoms with Gasteiger partial charge >= 0.3 is 0 Å². The van der Waals surface area contributed by atoms with E-state index in [2.05, 4.69) is 45.4 Å². The molecule has 4 rings (SSSR count). The van der Waals surface area contributed by atoms with Gasteiger partial charge in [-0.3, -0.25) is 4.68 Å². The SMILES string of the molecule is Cn1ncc2c1-n1cccc1C(c1ccc(Cl)cc1)NC2. The zero-order valence-electron chi connectivity index (χ0n) is 11.6. The molecule has 4 nitrogen and oxygen atoms in total. The summed E-state index contributed by atoms with van der Waals surface area (Å²) < 4.78 is 4.13. The standard InChI is InChI=1S/C16H15ClN4/c1-20-16-12(10-19-20)9-18-15(14-3-2-8-21(14)16)11-4-6-13(17)7-5-11/h2-8,10,15,18H,9H2,1H3. The molecule has 0 amide bonds. The fourth-order valence-electron chi connectivity index (χ4n) is 2.99. The van der Waals surface area contributed by atoms with Crippen LogP contribution in [0.4, 0.5) is 0 Å². The molecule has 0 aliphatic carbocycles. The molecule has 5 heteroatoms. The predicted octanol–water partition coefficient (Wildman–Crippen LogP) is 3.06. The fourth-order valence-corrected chi connectivity index (χ4v) is 3.12. The number of fused-ring (bicyclic) bond motifs is 3. The Labute approximate surface area is 128 Å². The van der Waals surface area contributed by atoms with Gasteiger partial charge in [0.1, 0.15) is 5.82 Å². The van der Waals surface area contributed by atoms with Crippen LogP contribution in [0.2, 0.25) is 5.02 Å². The number of rotatable bonds is 1. The number of benzene rings is 1. The second-order valence-corrected chi connectivity index (χ2v) is 5.72. The quantitative estimate of drug-likeness (QED) is 0.749. The number of hydrogen-bond acceptors (Lipinski definition) is 2. The van der Waals surface area contributed by atoms with E-state index in [0.29, 0.717) is 0 Å². The maximum atomic E-state index is 6.00. The summed E-state index contributed by atoms with van der Waals surface area (Å²) in [5.41, 5.74) is 3.62. The van der Waals surface area contributed by atoms with Crippen LogP contribution >= 0.6 is 11.6 Å². The van der Waals surface area contributed by atoms with Crippen LogP contribution in [0.1, 0.15) is 22.9 Å². The van der Waals surface area contributed by atoms with E-state index < -0.39 is 0 Å². The lowest BCUT2D eigenvalue weighted by molar-refractivity contribution is 0.597. The molecule has 1 atom stereocenters. The summed E-state index contributed by atoms with van der Waals surface area (Å²) in [5.74, 6) is 1.12. The van der Waals surface area contributed by atoms with Crippen LogP contribution in [0, 0.1) is 0 Å². The van der Waals surface area contributed by atoms with Gasteiger partial charge in [0.2, 0.25) is 0 Å². The second-order valence-electron chi connectivity index (χ2n) is 5.29. The molecule has 0 saturated heterocycles. The van der Waals surface area contributed by atoms with Gasteiger partial charge in [0, 0.05) is 36.1 Å². The van der Waals surface area contributed by atoms with Gasteiger partial charge in [0.25, 0.3) is 0 Å².